The van der Waals surface area contributed by atoms with Crippen molar-refractivity contribution < 1.29 is 4.79 Å². The molecule has 4 heteroatoms. The molecule has 0 amide bonds. The number of nitrogens with zero attached hydrogens (tertiary/aromatic N) is 2. The summed E-state index contributed by atoms with van der Waals surface area (Å²) in [5.41, 5.74) is 7.69. The second-order valence-corrected chi connectivity index (χ2v) is 5.26. The molecule has 0 aromatic carbocycles. The number of nitrogens with two attached hydrogens (primary N) is 1. The van der Waals surface area contributed by atoms with Crippen LogP contribution in [0.15, 0.2) is 6.07 Å². The van der Waals surface area contributed by atoms with E-state index in [2.05, 4.69) is 12.0 Å². The van der Waals surface area contributed by atoms with Crippen molar-refractivity contribution in [3.8, 4) is 0 Å². The van der Waals surface area contributed by atoms with Gasteiger partial charge >= 0.3 is 0 Å². The Balaban J connectivity index is 2.13. The van der Waals surface area contributed by atoms with Crippen LogP contribution in [0.4, 0.5) is 0 Å². The molecule has 1 heterocycles. The van der Waals surface area contributed by atoms with Gasteiger partial charge in [0.25, 0.3) is 0 Å². The molecule has 0 atom stereocenters. The van der Waals surface area contributed by atoms with Crippen molar-refractivity contribution in [2.75, 3.05) is 0 Å². The zero-order valence-electron chi connectivity index (χ0n) is 11.4. The first kappa shape index (κ1) is 13.3. The normalized spacial score (nSPS) is 18.2. The van der Waals surface area contributed by atoms with Gasteiger partial charge in [-0.15, -0.1) is 0 Å². The summed E-state index contributed by atoms with van der Waals surface area (Å²) in [5.74, 6) is 0.178. The fraction of sp³-hybridized carbons (Fsp3) is 0.714. The number of aromatic nitrogens is 2. The topological polar surface area (TPSA) is 60.9 Å². The summed E-state index contributed by atoms with van der Waals surface area (Å²) in [6, 6.07) is 2.04. The summed E-state index contributed by atoms with van der Waals surface area (Å²) in [7, 11) is 0. The van der Waals surface area contributed by atoms with Crippen molar-refractivity contribution in [1.29, 1.82) is 0 Å². The number of carbonyl (C=O) groups is 1. The van der Waals surface area contributed by atoms with Crippen LogP contribution < -0.4 is 5.73 Å². The van der Waals surface area contributed by atoms with Gasteiger partial charge in [0.05, 0.1) is 17.7 Å². The Bertz CT molecular complexity index is 430. The SMILES string of the molecule is CCc1cc(CC(=O)C2(N)CCCC2)n(CC)n1. The van der Waals surface area contributed by atoms with E-state index in [-0.39, 0.29) is 5.78 Å². The van der Waals surface area contributed by atoms with Crippen LogP contribution >= 0.6 is 0 Å². The fourth-order valence-corrected chi connectivity index (χ4v) is 2.73. The molecular weight excluding hydrogens is 226 g/mol. The van der Waals surface area contributed by atoms with Gasteiger partial charge in [0.2, 0.25) is 0 Å². The molecule has 1 aliphatic rings. The lowest BCUT2D eigenvalue weighted by Gasteiger charge is -2.21. The summed E-state index contributed by atoms with van der Waals surface area (Å²) in [6.45, 7) is 4.93. The predicted octanol–water partition coefficient (Wildman–Crippen LogP) is 1.85. The Kier molecular flexibility index (Phi) is 3.85. The third-order valence-corrected chi connectivity index (χ3v) is 3.97. The van der Waals surface area contributed by atoms with E-state index in [0.29, 0.717) is 6.42 Å². The maximum absolute atomic E-state index is 12.3. The van der Waals surface area contributed by atoms with Crippen molar-refractivity contribution in [2.45, 2.75) is 64.5 Å². The number of hydrogen-bond acceptors (Lipinski definition) is 3. The van der Waals surface area contributed by atoms with Crippen LogP contribution in [0.2, 0.25) is 0 Å². The van der Waals surface area contributed by atoms with Gasteiger partial charge in [0.15, 0.2) is 5.78 Å². The van der Waals surface area contributed by atoms with E-state index < -0.39 is 5.54 Å². The van der Waals surface area contributed by atoms with E-state index in [4.69, 9.17) is 5.73 Å². The number of ketones is 1. The number of carbonyl (C=O) groups excluding carboxylic acids is 1. The fourth-order valence-electron chi connectivity index (χ4n) is 2.73. The van der Waals surface area contributed by atoms with Crippen molar-refractivity contribution in [2.24, 2.45) is 5.73 Å². The highest BCUT2D eigenvalue weighted by Crippen LogP contribution is 2.29. The average Bonchev–Trinajstić information content (AvgIpc) is 2.96. The Labute approximate surface area is 109 Å². The van der Waals surface area contributed by atoms with E-state index in [1.807, 2.05) is 17.7 Å². The Morgan fingerprint density at radius 3 is 2.67 bits per heavy atom. The third kappa shape index (κ3) is 2.48. The summed E-state index contributed by atoms with van der Waals surface area (Å²) in [4.78, 5) is 12.3. The highest BCUT2D eigenvalue weighted by Gasteiger charge is 2.36. The molecule has 2 N–H and O–H groups in total. The first-order chi connectivity index (χ1) is 8.59. The molecule has 100 valence electrons. The van der Waals surface area contributed by atoms with Gasteiger partial charge in [-0.2, -0.15) is 5.10 Å². The minimum Gasteiger partial charge on any atom is -0.319 e. The minimum atomic E-state index is -0.574. The molecule has 1 aromatic heterocycles. The maximum atomic E-state index is 12.3. The monoisotopic (exact) mass is 249 g/mol. The molecular formula is C14H23N3O. The molecule has 0 saturated heterocycles. The summed E-state index contributed by atoms with van der Waals surface area (Å²) < 4.78 is 1.93. The molecule has 0 unspecified atom stereocenters. The first-order valence-electron chi connectivity index (χ1n) is 6.97. The standard InChI is InChI=1S/C14H23N3O/c1-3-11-9-12(17(4-2)16-11)10-13(18)14(15)7-5-6-8-14/h9H,3-8,10,15H2,1-2H3. The summed E-state index contributed by atoms with van der Waals surface area (Å²) >= 11 is 0. The number of aryl methyl sites for hydroxylation is 2. The van der Waals surface area contributed by atoms with Gasteiger partial charge in [-0.25, -0.2) is 0 Å². The quantitative estimate of drug-likeness (QED) is 0.866. The van der Waals surface area contributed by atoms with Crippen molar-refractivity contribution in [3.63, 3.8) is 0 Å². The lowest BCUT2D eigenvalue weighted by Crippen LogP contribution is -2.46. The summed E-state index contributed by atoms with van der Waals surface area (Å²) in [5, 5.41) is 4.47. The molecule has 2 rings (SSSR count). The second-order valence-electron chi connectivity index (χ2n) is 5.26. The highest BCUT2D eigenvalue weighted by molar-refractivity contribution is 5.90. The van der Waals surface area contributed by atoms with Crippen LogP contribution in [0.3, 0.4) is 0 Å². The smallest absolute Gasteiger partial charge is 0.158 e. The number of Topliss-reactive ketones (excluding diaryl/α,β-unsaturated/α-hetero) is 1. The Morgan fingerprint density at radius 2 is 2.11 bits per heavy atom. The van der Waals surface area contributed by atoms with Crippen molar-refractivity contribution in [3.05, 3.63) is 17.5 Å². The van der Waals surface area contributed by atoms with Crippen molar-refractivity contribution in [1.82, 2.24) is 9.78 Å². The zero-order valence-corrected chi connectivity index (χ0v) is 11.4. The van der Waals surface area contributed by atoms with Crippen LogP contribution in [0, 0.1) is 0 Å². The summed E-state index contributed by atoms with van der Waals surface area (Å²) in [6.07, 6.45) is 5.17. The van der Waals surface area contributed by atoms with Crippen LogP contribution in [0.1, 0.15) is 50.9 Å². The van der Waals surface area contributed by atoms with Gasteiger partial charge in [-0.3, -0.25) is 9.48 Å². The van der Waals surface area contributed by atoms with E-state index in [1.165, 1.54) is 0 Å². The van der Waals surface area contributed by atoms with Crippen LogP contribution in [0.25, 0.3) is 0 Å². The maximum Gasteiger partial charge on any atom is 0.158 e. The molecule has 1 aromatic rings. The zero-order chi connectivity index (χ0) is 13.2. The predicted molar refractivity (Wildman–Crippen MR) is 71.4 cm³/mol. The number of hydrogen-bond donors (Lipinski definition) is 1. The number of rotatable bonds is 5. The molecule has 1 fully saturated rings. The molecule has 0 aliphatic heterocycles. The molecule has 0 bridgehead atoms. The van der Waals surface area contributed by atoms with E-state index in [1.54, 1.807) is 0 Å². The van der Waals surface area contributed by atoms with E-state index >= 15 is 0 Å². The highest BCUT2D eigenvalue weighted by atomic mass is 16.1. The lowest BCUT2D eigenvalue weighted by molar-refractivity contribution is -0.123. The molecule has 0 radical (unpaired) electrons. The van der Waals surface area contributed by atoms with Gasteiger partial charge in [-0.1, -0.05) is 19.8 Å². The van der Waals surface area contributed by atoms with E-state index in [0.717, 1.165) is 50.0 Å². The molecule has 18 heavy (non-hydrogen) atoms. The van der Waals surface area contributed by atoms with E-state index in [9.17, 15) is 4.79 Å². The third-order valence-electron chi connectivity index (χ3n) is 3.97. The second kappa shape index (κ2) is 5.22. The lowest BCUT2D eigenvalue weighted by atomic mass is 9.90. The average molecular weight is 249 g/mol. The van der Waals surface area contributed by atoms with Crippen LogP contribution in [-0.2, 0) is 24.2 Å². The van der Waals surface area contributed by atoms with Gasteiger partial charge in [0.1, 0.15) is 0 Å². The first-order valence-corrected chi connectivity index (χ1v) is 6.97. The van der Waals surface area contributed by atoms with Gasteiger partial charge in [-0.05, 0) is 32.3 Å². The molecule has 1 aliphatic carbocycles. The molecule has 4 nitrogen and oxygen atoms in total. The van der Waals surface area contributed by atoms with Gasteiger partial charge < -0.3 is 5.73 Å². The van der Waals surface area contributed by atoms with Gasteiger partial charge in [0, 0.05) is 12.2 Å². The Hall–Kier alpha value is -1.16. The largest absolute Gasteiger partial charge is 0.319 e. The van der Waals surface area contributed by atoms with Crippen molar-refractivity contribution >= 4 is 5.78 Å². The van der Waals surface area contributed by atoms with Crippen LogP contribution in [0.5, 0.6) is 0 Å². The minimum absolute atomic E-state index is 0.178. The molecule has 1 saturated carbocycles. The molecule has 0 spiro atoms. The Morgan fingerprint density at radius 1 is 1.44 bits per heavy atom. The van der Waals surface area contributed by atoms with Crippen LogP contribution in [-0.4, -0.2) is 21.1 Å².